The first kappa shape index (κ1) is 12.9. The van der Waals surface area contributed by atoms with Crippen LogP contribution in [0, 0.1) is 11.7 Å². The number of halogens is 1. The number of hydrogen-bond acceptors (Lipinski definition) is 2. The Morgan fingerprint density at radius 1 is 1.26 bits per heavy atom. The summed E-state index contributed by atoms with van der Waals surface area (Å²) in [5.74, 6) is 0.529. The third-order valence-electron chi connectivity index (χ3n) is 4.75. The summed E-state index contributed by atoms with van der Waals surface area (Å²) in [6.07, 6.45) is 5.49. The molecule has 1 aromatic carbocycles. The molecule has 0 spiro atoms. The first-order valence-corrected chi connectivity index (χ1v) is 7.41. The summed E-state index contributed by atoms with van der Waals surface area (Å²) in [7, 11) is 0. The molecular weight excluding hydrogens is 241 g/mol. The lowest BCUT2D eigenvalue weighted by Crippen LogP contribution is -2.43. The lowest BCUT2D eigenvalue weighted by Gasteiger charge is -2.40. The minimum atomic E-state index is -0.618. The summed E-state index contributed by atoms with van der Waals surface area (Å²) >= 11 is 0. The van der Waals surface area contributed by atoms with Gasteiger partial charge in [0.1, 0.15) is 5.82 Å². The molecule has 19 heavy (non-hydrogen) atoms. The van der Waals surface area contributed by atoms with Crippen LogP contribution in [0.15, 0.2) is 18.2 Å². The van der Waals surface area contributed by atoms with Crippen LogP contribution in [-0.4, -0.2) is 17.7 Å². The first-order valence-electron chi connectivity index (χ1n) is 7.41. The van der Waals surface area contributed by atoms with Gasteiger partial charge in [0.15, 0.2) is 0 Å². The Bertz CT molecular complexity index is 460. The number of nitrogens with zero attached hydrogens (tertiary/aromatic N) is 1. The summed E-state index contributed by atoms with van der Waals surface area (Å²) in [6.45, 7) is 2.64. The maximum Gasteiger partial charge on any atom is 0.146 e. The van der Waals surface area contributed by atoms with Gasteiger partial charge < -0.3 is 10.0 Å². The zero-order chi connectivity index (χ0) is 13.4. The summed E-state index contributed by atoms with van der Waals surface area (Å²) in [6, 6.07) is 5.53. The molecule has 2 fully saturated rings. The lowest BCUT2D eigenvalue weighted by atomic mass is 9.90. The van der Waals surface area contributed by atoms with E-state index in [0.29, 0.717) is 11.7 Å². The van der Waals surface area contributed by atoms with Crippen molar-refractivity contribution in [3.05, 3.63) is 29.6 Å². The number of aliphatic hydroxyl groups is 1. The van der Waals surface area contributed by atoms with Crippen molar-refractivity contribution >= 4 is 5.69 Å². The number of hydrogen-bond donors (Lipinski definition) is 1. The Morgan fingerprint density at radius 2 is 2.05 bits per heavy atom. The minimum Gasteiger partial charge on any atom is -0.389 e. The van der Waals surface area contributed by atoms with E-state index in [2.05, 4.69) is 4.90 Å². The first-order chi connectivity index (χ1) is 9.18. The SMILES string of the molecule is C[C@H](O)c1cccc(F)c1N1CCCC2CCCC21. The van der Waals surface area contributed by atoms with Gasteiger partial charge in [-0.25, -0.2) is 4.39 Å². The van der Waals surface area contributed by atoms with E-state index < -0.39 is 6.10 Å². The molecule has 0 bridgehead atoms. The maximum absolute atomic E-state index is 14.3. The zero-order valence-electron chi connectivity index (χ0n) is 11.5. The second-order valence-electron chi connectivity index (χ2n) is 5.95. The number of benzene rings is 1. The molecule has 2 nitrogen and oxygen atoms in total. The third kappa shape index (κ3) is 2.25. The van der Waals surface area contributed by atoms with Crippen LogP contribution < -0.4 is 4.90 Å². The molecule has 2 aliphatic rings. The van der Waals surface area contributed by atoms with Crippen molar-refractivity contribution in [2.75, 3.05) is 11.4 Å². The van der Waals surface area contributed by atoms with Crippen LogP contribution in [0.3, 0.4) is 0 Å². The summed E-state index contributed by atoms with van der Waals surface area (Å²) in [4.78, 5) is 2.23. The van der Waals surface area contributed by atoms with Gasteiger partial charge in [0.25, 0.3) is 0 Å². The average molecular weight is 263 g/mol. The van der Waals surface area contributed by atoms with Gasteiger partial charge in [-0.1, -0.05) is 18.6 Å². The van der Waals surface area contributed by atoms with Gasteiger partial charge in [-0.2, -0.15) is 0 Å². The highest BCUT2D eigenvalue weighted by atomic mass is 19.1. The van der Waals surface area contributed by atoms with Crippen molar-refractivity contribution in [1.29, 1.82) is 0 Å². The quantitative estimate of drug-likeness (QED) is 0.880. The molecule has 0 amide bonds. The Kier molecular flexibility index (Phi) is 3.48. The van der Waals surface area contributed by atoms with Crippen molar-refractivity contribution in [1.82, 2.24) is 0 Å². The molecule has 3 atom stereocenters. The molecule has 1 aliphatic heterocycles. The molecule has 1 saturated carbocycles. The van der Waals surface area contributed by atoms with E-state index in [1.165, 1.54) is 25.3 Å². The highest BCUT2D eigenvalue weighted by Gasteiger charge is 2.37. The van der Waals surface area contributed by atoms with Crippen LogP contribution >= 0.6 is 0 Å². The number of anilines is 1. The van der Waals surface area contributed by atoms with Crippen LogP contribution in [-0.2, 0) is 0 Å². The molecular formula is C16H22FNO. The van der Waals surface area contributed by atoms with Crippen molar-refractivity contribution in [3.63, 3.8) is 0 Å². The zero-order valence-corrected chi connectivity index (χ0v) is 11.5. The number of piperidine rings is 1. The molecule has 1 saturated heterocycles. The molecule has 0 radical (unpaired) electrons. The van der Waals surface area contributed by atoms with Gasteiger partial charge in [-0.15, -0.1) is 0 Å². The summed E-state index contributed by atoms with van der Waals surface area (Å²) in [5.41, 5.74) is 1.38. The van der Waals surface area contributed by atoms with Crippen molar-refractivity contribution in [3.8, 4) is 0 Å². The Labute approximate surface area is 114 Å². The molecule has 1 N–H and O–H groups in total. The summed E-state index contributed by atoms with van der Waals surface area (Å²) < 4.78 is 14.3. The van der Waals surface area contributed by atoms with E-state index in [1.54, 1.807) is 13.0 Å². The fraction of sp³-hybridized carbons (Fsp3) is 0.625. The number of para-hydroxylation sites is 1. The number of fused-ring (bicyclic) bond motifs is 1. The second kappa shape index (κ2) is 5.12. The van der Waals surface area contributed by atoms with Crippen molar-refractivity contribution in [2.45, 2.75) is 51.2 Å². The van der Waals surface area contributed by atoms with Crippen molar-refractivity contribution < 1.29 is 9.50 Å². The fourth-order valence-corrected chi connectivity index (χ4v) is 3.90. The van der Waals surface area contributed by atoms with E-state index in [4.69, 9.17) is 0 Å². The Morgan fingerprint density at radius 3 is 2.84 bits per heavy atom. The van der Waals surface area contributed by atoms with E-state index in [0.717, 1.165) is 30.9 Å². The predicted molar refractivity (Wildman–Crippen MR) is 74.7 cm³/mol. The van der Waals surface area contributed by atoms with Gasteiger partial charge in [-0.3, -0.25) is 0 Å². The largest absolute Gasteiger partial charge is 0.389 e. The Balaban J connectivity index is 2.00. The molecule has 2 unspecified atom stereocenters. The second-order valence-corrected chi connectivity index (χ2v) is 5.95. The van der Waals surface area contributed by atoms with Crippen LogP contribution in [0.2, 0.25) is 0 Å². The number of rotatable bonds is 2. The van der Waals surface area contributed by atoms with Gasteiger partial charge in [0.2, 0.25) is 0 Å². The fourth-order valence-electron chi connectivity index (χ4n) is 3.90. The molecule has 1 heterocycles. The standard InChI is InChI=1S/C16H22FNO/c1-11(19)13-7-3-8-14(17)16(13)18-10-4-6-12-5-2-9-15(12)18/h3,7-8,11-12,15,19H,2,4-6,9-10H2,1H3/t11-,12?,15?/m0/s1. The summed E-state index contributed by atoms with van der Waals surface area (Å²) in [5, 5.41) is 9.91. The topological polar surface area (TPSA) is 23.5 Å². The third-order valence-corrected chi connectivity index (χ3v) is 4.75. The molecule has 3 rings (SSSR count). The number of aliphatic hydroxyl groups excluding tert-OH is 1. The molecule has 1 aliphatic carbocycles. The normalized spacial score (nSPS) is 28.3. The molecule has 3 heteroatoms. The van der Waals surface area contributed by atoms with Crippen LogP contribution in [0.4, 0.5) is 10.1 Å². The Hall–Kier alpha value is -1.09. The van der Waals surface area contributed by atoms with Gasteiger partial charge in [0, 0.05) is 18.2 Å². The molecule has 104 valence electrons. The van der Waals surface area contributed by atoms with Crippen LogP contribution in [0.5, 0.6) is 0 Å². The highest BCUT2D eigenvalue weighted by Crippen LogP contribution is 2.41. The average Bonchev–Trinajstić information content (AvgIpc) is 2.86. The van der Waals surface area contributed by atoms with Crippen LogP contribution in [0.1, 0.15) is 50.7 Å². The van der Waals surface area contributed by atoms with Gasteiger partial charge in [0.05, 0.1) is 11.8 Å². The van der Waals surface area contributed by atoms with E-state index in [9.17, 15) is 9.50 Å². The van der Waals surface area contributed by atoms with Gasteiger partial charge >= 0.3 is 0 Å². The van der Waals surface area contributed by atoms with Gasteiger partial charge in [-0.05, 0) is 44.6 Å². The maximum atomic E-state index is 14.3. The van der Waals surface area contributed by atoms with E-state index in [-0.39, 0.29) is 5.82 Å². The lowest BCUT2D eigenvalue weighted by molar-refractivity contribution is 0.198. The van der Waals surface area contributed by atoms with E-state index >= 15 is 0 Å². The highest BCUT2D eigenvalue weighted by molar-refractivity contribution is 5.57. The molecule has 1 aromatic rings. The van der Waals surface area contributed by atoms with Crippen molar-refractivity contribution in [2.24, 2.45) is 5.92 Å². The molecule has 0 aromatic heterocycles. The predicted octanol–water partition coefficient (Wildman–Crippen LogP) is 3.65. The monoisotopic (exact) mass is 263 g/mol. The van der Waals surface area contributed by atoms with Crippen LogP contribution in [0.25, 0.3) is 0 Å². The smallest absolute Gasteiger partial charge is 0.146 e. The van der Waals surface area contributed by atoms with E-state index in [1.807, 2.05) is 6.07 Å². The minimum absolute atomic E-state index is 0.189.